The smallest absolute Gasteiger partial charge is 0.305 e. The Morgan fingerprint density at radius 3 is 1.80 bits per heavy atom. The summed E-state index contributed by atoms with van der Waals surface area (Å²) in [7, 11) is 0. The predicted molar refractivity (Wildman–Crippen MR) is 168 cm³/mol. The van der Waals surface area contributed by atoms with Gasteiger partial charge in [-0.1, -0.05) is 56.4 Å². The third-order valence-corrected chi connectivity index (χ3v) is 7.12. The van der Waals surface area contributed by atoms with Gasteiger partial charge in [-0.15, -0.1) is 0 Å². The Bertz CT molecular complexity index is 606. The number of carbonyl (C=O) groups excluding carboxylic acids is 1. The maximum atomic E-state index is 12.1. The van der Waals surface area contributed by atoms with E-state index in [-0.39, 0.29) is 18.9 Å². The molecule has 0 amide bonds. The lowest BCUT2D eigenvalue weighted by molar-refractivity contribution is -0.155. The van der Waals surface area contributed by atoms with Gasteiger partial charge in [0.05, 0.1) is 13.2 Å². The van der Waals surface area contributed by atoms with E-state index in [0.29, 0.717) is 44.6 Å². The van der Waals surface area contributed by atoms with Gasteiger partial charge >= 0.3 is 5.97 Å². The second-order valence-electron chi connectivity index (χ2n) is 12.0. The molecule has 0 aliphatic carbocycles. The Hall–Kier alpha value is -1.21. The number of rotatable bonds is 28. The van der Waals surface area contributed by atoms with Crippen LogP contribution in [0, 0.1) is 11.8 Å². The SMILES string of the molecule is CC(C)=CCCC(C)CCOC(CCCOC(=O)CCCCCCCNCCO)OCCC(C)CCC=C(C)C. The van der Waals surface area contributed by atoms with Crippen LogP contribution < -0.4 is 5.32 Å². The van der Waals surface area contributed by atoms with Gasteiger partial charge in [0.1, 0.15) is 0 Å². The zero-order valence-corrected chi connectivity index (χ0v) is 27.1. The van der Waals surface area contributed by atoms with Gasteiger partial charge in [0, 0.05) is 32.6 Å². The normalized spacial score (nSPS) is 13.5. The van der Waals surface area contributed by atoms with Crippen molar-refractivity contribution in [3.63, 3.8) is 0 Å². The third-order valence-electron chi connectivity index (χ3n) is 7.12. The van der Waals surface area contributed by atoms with Crippen LogP contribution in [-0.4, -0.2) is 56.9 Å². The molecule has 0 saturated carbocycles. The lowest BCUT2D eigenvalue weighted by Gasteiger charge is -2.21. The highest BCUT2D eigenvalue weighted by Crippen LogP contribution is 2.16. The van der Waals surface area contributed by atoms with E-state index in [2.05, 4.69) is 59.0 Å². The minimum atomic E-state index is -0.236. The van der Waals surface area contributed by atoms with Crippen molar-refractivity contribution in [2.24, 2.45) is 11.8 Å². The van der Waals surface area contributed by atoms with Gasteiger partial charge in [-0.25, -0.2) is 0 Å². The molecule has 0 spiro atoms. The van der Waals surface area contributed by atoms with Crippen LogP contribution >= 0.6 is 0 Å². The largest absolute Gasteiger partial charge is 0.466 e. The van der Waals surface area contributed by atoms with Crippen molar-refractivity contribution in [1.29, 1.82) is 0 Å². The Morgan fingerprint density at radius 1 is 0.700 bits per heavy atom. The molecule has 0 radical (unpaired) electrons. The van der Waals surface area contributed by atoms with Crippen LogP contribution in [0.5, 0.6) is 0 Å². The van der Waals surface area contributed by atoms with E-state index >= 15 is 0 Å². The molecule has 236 valence electrons. The van der Waals surface area contributed by atoms with Gasteiger partial charge in [-0.2, -0.15) is 0 Å². The van der Waals surface area contributed by atoms with E-state index in [0.717, 1.165) is 77.2 Å². The Balaban J connectivity index is 4.25. The number of aliphatic hydroxyl groups is 1. The second kappa shape index (κ2) is 27.9. The summed E-state index contributed by atoms with van der Waals surface area (Å²) in [5.74, 6) is 1.14. The summed E-state index contributed by atoms with van der Waals surface area (Å²) in [6, 6.07) is 0. The van der Waals surface area contributed by atoms with Gasteiger partial charge < -0.3 is 24.6 Å². The van der Waals surface area contributed by atoms with Crippen LogP contribution in [0.15, 0.2) is 23.3 Å². The quantitative estimate of drug-likeness (QED) is 0.0430. The molecule has 0 saturated heterocycles. The summed E-state index contributed by atoms with van der Waals surface area (Å²) in [6.45, 7) is 16.8. The van der Waals surface area contributed by atoms with Crippen LogP contribution in [0.2, 0.25) is 0 Å². The summed E-state index contributed by atoms with van der Waals surface area (Å²) in [4.78, 5) is 12.1. The molecule has 2 unspecified atom stereocenters. The van der Waals surface area contributed by atoms with Crippen molar-refractivity contribution in [1.82, 2.24) is 5.32 Å². The van der Waals surface area contributed by atoms with Crippen molar-refractivity contribution >= 4 is 5.97 Å². The monoisotopic (exact) mass is 567 g/mol. The van der Waals surface area contributed by atoms with E-state index in [9.17, 15) is 4.79 Å². The number of aliphatic hydroxyl groups excluding tert-OH is 1. The van der Waals surface area contributed by atoms with Gasteiger partial charge in [0.2, 0.25) is 0 Å². The molecule has 2 atom stereocenters. The highest BCUT2D eigenvalue weighted by Gasteiger charge is 2.13. The first-order valence-electron chi connectivity index (χ1n) is 16.2. The van der Waals surface area contributed by atoms with Crippen molar-refractivity contribution < 1.29 is 24.1 Å². The van der Waals surface area contributed by atoms with Crippen molar-refractivity contribution in [3.05, 3.63) is 23.3 Å². The summed E-state index contributed by atoms with van der Waals surface area (Å²) in [5.41, 5.74) is 2.76. The van der Waals surface area contributed by atoms with Gasteiger partial charge in [0.25, 0.3) is 0 Å². The number of hydrogen-bond acceptors (Lipinski definition) is 6. The molecular weight excluding hydrogens is 502 g/mol. The fourth-order valence-corrected chi connectivity index (χ4v) is 4.38. The molecule has 0 rings (SSSR count). The highest BCUT2D eigenvalue weighted by molar-refractivity contribution is 5.69. The van der Waals surface area contributed by atoms with Gasteiger partial charge in [-0.3, -0.25) is 4.79 Å². The number of hydrogen-bond donors (Lipinski definition) is 2. The molecule has 6 heteroatoms. The minimum Gasteiger partial charge on any atom is -0.466 e. The molecule has 2 N–H and O–H groups in total. The van der Waals surface area contributed by atoms with E-state index in [1.165, 1.54) is 24.0 Å². The molecule has 0 aliphatic heterocycles. The summed E-state index contributed by atoms with van der Waals surface area (Å²) >= 11 is 0. The average Bonchev–Trinajstić information content (AvgIpc) is 2.89. The van der Waals surface area contributed by atoms with E-state index in [4.69, 9.17) is 19.3 Å². The standard InChI is InChI=1S/C34H65NO5/c1-29(2)15-12-17-31(5)21-27-39-34(40-28-22-32(6)18-13-16-30(3)4)20-14-26-38-33(37)19-10-8-7-9-11-23-35-24-25-36/h15-16,31-32,34-36H,7-14,17-28H2,1-6H3. The molecule has 0 aromatic rings. The Labute approximate surface area is 247 Å². The fraction of sp³-hybridized carbons (Fsp3) is 0.853. The van der Waals surface area contributed by atoms with Crippen LogP contribution in [0.25, 0.3) is 0 Å². The average molecular weight is 568 g/mol. The van der Waals surface area contributed by atoms with Gasteiger partial charge in [-0.05, 0) is 104 Å². The minimum absolute atomic E-state index is 0.0987. The first kappa shape index (κ1) is 38.8. The first-order chi connectivity index (χ1) is 19.2. The van der Waals surface area contributed by atoms with Crippen LogP contribution in [0.1, 0.15) is 131 Å². The van der Waals surface area contributed by atoms with Crippen molar-refractivity contribution in [3.8, 4) is 0 Å². The van der Waals surface area contributed by atoms with Crippen LogP contribution in [0.3, 0.4) is 0 Å². The topological polar surface area (TPSA) is 77.0 Å². The molecule has 0 aromatic carbocycles. The van der Waals surface area contributed by atoms with Crippen LogP contribution in [-0.2, 0) is 19.0 Å². The molecular formula is C34H65NO5. The number of carbonyl (C=O) groups is 1. The summed E-state index contributed by atoms with van der Waals surface area (Å²) in [5, 5.41) is 11.9. The Morgan fingerprint density at radius 2 is 1.25 bits per heavy atom. The van der Waals surface area contributed by atoms with Crippen molar-refractivity contribution in [2.45, 2.75) is 138 Å². The zero-order valence-electron chi connectivity index (χ0n) is 27.1. The number of ether oxygens (including phenoxy) is 3. The fourth-order valence-electron chi connectivity index (χ4n) is 4.38. The lowest BCUT2D eigenvalue weighted by Crippen LogP contribution is -2.21. The highest BCUT2D eigenvalue weighted by atomic mass is 16.7. The van der Waals surface area contributed by atoms with Crippen LogP contribution in [0.4, 0.5) is 0 Å². The molecule has 0 aliphatic rings. The van der Waals surface area contributed by atoms with E-state index in [1.807, 2.05) is 0 Å². The number of nitrogens with one attached hydrogen (secondary N) is 1. The predicted octanol–water partition coefficient (Wildman–Crippen LogP) is 8.14. The second-order valence-corrected chi connectivity index (χ2v) is 12.0. The summed E-state index contributed by atoms with van der Waals surface area (Å²) < 4.78 is 17.8. The zero-order chi connectivity index (χ0) is 29.8. The number of esters is 1. The maximum absolute atomic E-state index is 12.1. The molecule has 40 heavy (non-hydrogen) atoms. The van der Waals surface area contributed by atoms with E-state index in [1.54, 1.807) is 0 Å². The molecule has 0 aromatic heterocycles. The third kappa shape index (κ3) is 28.3. The molecule has 0 bridgehead atoms. The molecule has 0 fully saturated rings. The van der Waals surface area contributed by atoms with Gasteiger partial charge in [0.15, 0.2) is 6.29 Å². The molecule has 0 heterocycles. The Kier molecular flexibility index (Phi) is 27.1. The number of unbranched alkanes of at least 4 members (excludes halogenated alkanes) is 4. The van der Waals surface area contributed by atoms with Crippen molar-refractivity contribution in [2.75, 3.05) is 39.5 Å². The lowest BCUT2D eigenvalue weighted by atomic mass is 10.0. The maximum Gasteiger partial charge on any atom is 0.305 e. The number of allylic oxidation sites excluding steroid dienone is 4. The summed E-state index contributed by atoms with van der Waals surface area (Å²) in [6.07, 6.45) is 18.4. The molecule has 6 nitrogen and oxygen atoms in total. The van der Waals surface area contributed by atoms with E-state index < -0.39 is 0 Å². The first-order valence-corrected chi connectivity index (χ1v) is 16.2.